The van der Waals surface area contributed by atoms with Crippen molar-refractivity contribution in [3.05, 3.63) is 65.7 Å². The predicted octanol–water partition coefficient (Wildman–Crippen LogP) is 2.24. The Hall–Kier alpha value is -2.96. The van der Waals surface area contributed by atoms with Crippen LogP contribution in [0, 0.1) is 5.82 Å². The van der Waals surface area contributed by atoms with E-state index in [1.54, 1.807) is 30.3 Å². The molecule has 174 valence electrons. The molecule has 2 aromatic carbocycles. The van der Waals surface area contributed by atoms with Gasteiger partial charge in [-0.1, -0.05) is 30.0 Å². The third-order valence-electron chi connectivity index (χ3n) is 5.21. The Kier molecular flexibility index (Phi) is 6.96. The summed E-state index contributed by atoms with van der Waals surface area (Å²) < 4.78 is 41.7. The number of carbonyl (C=O) groups excluding carboxylic acids is 1. The molecule has 0 aliphatic carbocycles. The van der Waals surface area contributed by atoms with E-state index < -0.39 is 10.0 Å². The van der Waals surface area contributed by atoms with Crippen LogP contribution in [0.2, 0.25) is 0 Å². The quantitative estimate of drug-likeness (QED) is 0.367. The highest BCUT2D eigenvalue weighted by Gasteiger charge is 2.27. The second-order valence-electron chi connectivity index (χ2n) is 7.51. The summed E-state index contributed by atoms with van der Waals surface area (Å²) in [5.74, 6) is 5.73. The van der Waals surface area contributed by atoms with Crippen LogP contribution >= 0.6 is 11.8 Å². The van der Waals surface area contributed by atoms with Gasteiger partial charge in [0.05, 0.1) is 10.6 Å². The van der Waals surface area contributed by atoms with Crippen LogP contribution in [-0.2, 0) is 21.2 Å². The largest absolute Gasteiger partial charge is 0.336 e. The molecule has 1 saturated heterocycles. The van der Waals surface area contributed by atoms with Crippen LogP contribution in [0.1, 0.15) is 24.2 Å². The summed E-state index contributed by atoms with van der Waals surface area (Å²) in [5, 5.41) is 11.0. The summed E-state index contributed by atoms with van der Waals surface area (Å²) in [4.78, 5) is 12.5. The molecule has 0 bridgehead atoms. The fraction of sp³-hybridized carbons (Fsp3) is 0.286. The van der Waals surface area contributed by atoms with Crippen LogP contribution in [0.5, 0.6) is 0 Å². The van der Waals surface area contributed by atoms with Crippen molar-refractivity contribution in [3.8, 4) is 0 Å². The Morgan fingerprint density at radius 3 is 2.48 bits per heavy atom. The highest BCUT2D eigenvalue weighted by molar-refractivity contribution is 7.99. The van der Waals surface area contributed by atoms with E-state index in [0.29, 0.717) is 35.3 Å². The van der Waals surface area contributed by atoms with Crippen LogP contribution in [0.15, 0.2) is 58.6 Å². The zero-order valence-corrected chi connectivity index (χ0v) is 19.3. The molecule has 0 radical (unpaired) electrons. The molecule has 0 spiro atoms. The third-order valence-corrected chi connectivity index (χ3v) is 8.07. The van der Waals surface area contributed by atoms with Gasteiger partial charge >= 0.3 is 0 Å². The lowest BCUT2D eigenvalue weighted by molar-refractivity contribution is -0.113. The topological polar surface area (TPSA) is 123 Å². The smallest absolute Gasteiger partial charge is 0.243 e. The van der Waals surface area contributed by atoms with E-state index >= 15 is 0 Å². The molecular weight excluding hydrogens is 467 g/mol. The fourth-order valence-electron chi connectivity index (χ4n) is 3.45. The van der Waals surface area contributed by atoms with Gasteiger partial charge in [-0.05, 0) is 48.7 Å². The van der Waals surface area contributed by atoms with Crippen molar-refractivity contribution < 1.29 is 17.6 Å². The number of hydrogen-bond donors (Lipinski definition) is 2. The van der Waals surface area contributed by atoms with Crippen molar-refractivity contribution in [1.82, 2.24) is 19.2 Å². The molecule has 1 amide bonds. The maximum atomic E-state index is 13.9. The molecular formula is C21H23FN6O3S2. The van der Waals surface area contributed by atoms with Gasteiger partial charge in [0.15, 0.2) is 5.82 Å². The number of sulfonamides is 1. The minimum atomic E-state index is -3.50. The zero-order chi connectivity index (χ0) is 23.4. The van der Waals surface area contributed by atoms with Gasteiger partial charge in [0.1, 0.15) is 5.82 Å². The van der Waals surface area contributed by atoms with Crippen molar-refractivity contribution in [2.24, 2.45) is 0 Å². The molecule has 1 aromatic heterocycles. The van der Waals surface area contributed by atoms with Crippen LogP contribution in [0.3, 0.4) is 0 Å². The molecule has 0 unspecified atom stereocenters. The Bertz CT molecular complexity index is 1240. The number of anilines is 1. The lowest BCUT2D eigenvalue weighted by Gasteiger charge is -2.15. The molecule has 33 heavy (non-hydrogen) atoms. The van der Waals surface area contributed by atoms with E-state index in [9.17, 15) is 17.6 Å². The number of amides is 1. The average Bonchev–Trinajstić information content (AvgIpc) is 3.46. The molecule has 1 aliphatic heterocycles. The van der Waals surface area contributed by atoms with E-state index in [-0.39, 0.29) is 28.8 Å². The summed E-state index contributed by atoms with van der Waals surface area (Å²) in [6.45, 7) is 1.07. The van der Waals surface area contributed by atoms with Crippen LogP contribution in [-0.4, -0.2) is 52.3 Å². The zero-order valence-electron chi connectivity index (χ0n) is 17.6. The first kappa shape index (κ1) is 23.2. The maximum absolute atomic E-state index is 13.9. The molecule has 9 nitrogen and oxygen atoms in total. The average molecular weight is 491 g/mol. The SMILES string of the molecule is Nn1c(Cc2ccccc2F)nnc1SCC(=O)Nc1ccc(S(=O)(=O)N2CCCC2)cc1. The van der Waals surface area contributed by atoms with Crippen molar-refractivity contribution in [3.63, 3.8) is 0 Å². The number of thioether (sulfide) groups is 1. The van der Waals surface area contributed by atoms with Gasteiger partial charge in [-0.2, -0.15) is 4.31 Å². The third kappa shape index (κ3) is 5.34. The number of aromatic nitrogens is 3. The molecule has 2 heterocycles. The normalized spacial score (nSPS) is 14.5. The lowest BCUT2D eigenvalue weighted by Crippen LogP contribution is -2.27. The Morgan fingerprint density at radius 1 is 1.09 bits per heavy atom. The highest BCUT2D eigenvalue weighted by atomic mass is 32.2. The first-order valence-corrected chi connectivity index (χ1v) is 12.7. The summed E-state index contributed by atoms with van der Waals surface area (Å²) in [6, 6.07) is 12.4. The van der Waals surface area contributed by atoms with E-state index in [1.165, 1.54) is 27.2 Å². The number of nitrogens with zero attached hydrogens (tertiary/aromatic N) is 4. The predicted molar refractivity (Wildman–Crippen MR) is 123 cm³/mol. The minimum absolute atomic E-state index is 0.0167. The number of carbonyl (C=O) groups is 1. The second kappa shape index (κ2) is 9.89. The number of rotatable bonds is 8. The van der Waals surface area contributed by atoms with Gasteiger partial charge in [0.25, 0.3) is 0 Å². The van der Waals surface area contributed by atoms with Crippen molar-refractivity contribution in [2.75, 3.05) is 30.0 Å². The van der Waals surface area contributed by atoms with Crippen molar-refractivity contribution in [2.45, 2.75) is 29.3 Å². The highest BCUT2D eigenvalue weighted by Crippen LogP contribution is 2.23. The minimum Gasteiger partial charge on any atom is -0.336 e. The monoisotopic (exact) mass is 490 g/mol. The van der Waals surface area contributed by atoms with Crippen molar-refractivity contribution >= 4 is 33.4 Å². The van der Waals surface area contributed by atoms with Gasteiger partial charge in [-0.25, -0.2) is 17.5 Å². The van der Waals surface area contributed by atoms with Gasteiger partial charge in [-0.15, -0.1) is 10.2 Å². The summed E-state index contributed by atoms with van der Waals surface area (Å²) in [5.41, 5.74) is 0.927. The Balaban J connectivity index is 1.32. The van der Waals surface area contributed by atoms with Gasteiger partial charge < -0.3 is 11.2 Å². The number of nitrogen functional groups attached to an aromatic ring is 1. The van der Waals surface area contributed by atoms with E-state index in [2.05, 4.69) is 15.5 Å². The first-order valence-electron chi connectivity index (χ1n) is 10.3. The molecule has 3 N–H and O–H groups in total. The van der Waals surface area contributed by atoms with E-state index in [1.807, 2.05) is 0 Å². The summed E-state index contributed by atoms with van der Waals surface area (Å²) in [7, 11) is -3.50. The molecule has 3 aromatic rings. The number of nitrogens with two attached hydrogens (primary N) is 1. The molecule has 12 heteroatoms. The number of nitrogens with one attached hydrogen (secondary N) is 1. The van der Waals surface area contributed by atoms with Crippen LogP contribution in [0.25, 0.3) is 0 Å². The van der Waals surface area contributed by atoms with Gasteiger partial charge in [0.2, 0.25) is 21.1 Å². The maximum Gasteiger partial charge on any atom is 0.243 e. The van der Waals surface area contributed by atoms with Gasteiger partial charge in [-0.3, -0.25) is 4.79 Å². The standard InChI is InChI=1S/C21H23FN6O3S2/c22-18-6-2-1-5-15(18)13-19-25-26-21(28(19)23)32-14-20(29)24-16-7-9-17(10-8-16)33(30,31)27-11-3-4-12-27/h1-2,5-10H,3-4,11-14,23H2,(H,24,29). The van der Waals surface area contributed by atoms with E-state index in [4.69, 9.17) is 5.84 Å². The second-order valence-corrected chi connectivity index (χ2v) is 10.4. The number of hydrogen-bond acceptors (Lipinski definition) is 7. The summed E-state index contributed by atoms with van der Waals surface area (Å²) >= 11 is 1.09. The fourth-order valence-corrected chi connectivity index (χ4v) is 5.65. The van der Waals surface area contributed by atoms with Crippen LogP contribution in [0.4, 0.5) is 10.1 Å². The Labute approximate surface area is 195 Å². The molecule has 0 saturated carbocycles. The van der Waals surface area contributed by atoms with Gasteiger partial charge in [0, 0.05) is 25.2 Å². The molecule has 1 aliphatic rings. The van der Waals surface area contributed by atoms with Crippen LogP contribution < -0.4 is 11.2 Å². The Morgan fingerprint density at radius 2 is 1.79 bits per heavy atom. The molecule has 4 rings (SSSR count). The molecule has 1 fully saturated rings. The summed E-state index contributed by atoms with van der Waals surface area (Å²) in [6.07, 6.45) is 1.91. The van der Waals surface area contributed by atoms with Crippen molar-refractivity contribution in [1.29, 1.82) is 0 Å². The number of benzene rings is 2. The molecule has 0 atom stereocenters. The lowest BCUT2D eigenvalue weighted by atomic mass is 10.1. The van der Waals surface area contributed by atoms with E-state index in [0.717, 1.165) is 24.6 Å². The number of halogens is 1. The first-order chi connectivity index (χ1) is 15.8.